The molecule has 2 rings (SSSR count). The average molecular weight is 358 g/mol. The number of nitro groups is 1. The van der Waals surface area contributed by atoms with Crippen molar-refractivity contribution < 1.29 is 36.4 Å². The molecule has 1 saturated heterocycles. The molecule has 24 heavy (non-hydrogen) atoms. The first-order valence-electron chi connectivity index (χ1n) is 6.80. The molecule has 0 unspecified atom stereocenters. The molecular weight excluding hydrogens is 346 g/mol. The Balaban J connectivity index is 2.43. The smallest absolute Gasteiger partial charge is 0.382 e. The van der Waals surface area contributed by atoms with Gasteiger partial charge in [-0.2, -0.15) is 26.3 Å². The fraction of sp³-hybridized carbons (Fsp3) is 0.538. The maximum absolute atomic E-state index is 13.0. The summed E-state index contributed by atoms with van der Waals surface area (Å²) in [6.45, 7) is 0.00686. The molecule has 1 heterocycles. The first kappa shape index (κ1) is 18.3. The lowest BCUT2D eigenvalue weighted by Crippen LogP contribution is -2.47. The minimum atomic E-state index is -5.03. The van der Waals surface area contributed by atoms with Crippen LogP contribution < -0.4 is 4.90 Å². The number of benzene rings is 1. The fourth-order valence-electron chi connectivity index (χ4n) is 2.75. The van der Waals surface area contributed by atoms with E-state index in [0.29, 0.717) is 12.1 Å². The van der Waals surface area contributed by atoms with Crippen LogP contribution in [0.5, 0.6) is 0 Å². The predicted molar refractivity (Wildman–Crippen MR) is 70.5 cm³/mol. The molecule has 0 saturated carbocycles. The summed E-state index contributed by atoms with van der Waals surface area (Å²) in [5, 5.41) is 20.1. The second-order valence-corrected chi connectivity index (χ2v) is 5.35. The molecule has 0 aliphatic carbocycles. The van der Waals surface area contributed by atoms with Gasteiger partial charge in [0, 0.05) is 18.3 Å². The zero-order valence-electron chi connectivity index (χ0n) is 11.9. The number of nitro benzene ring substituents is 1. The molecule has 0 amide bonds. The topological polar surface area (TPSA) is 66.6 Å². The van der Waals surface area contributed by atoms with Crippen molar-refractivity contribution in [3.05, 3.63) is 33.9 Å². The molecular formula is C13H12F6N2O3. The highest BCUT2D eigenvalue weighted by molar-refractivity contribution is 5.58. The van der Waals surface area contributed by atoms with Gasteiger partial charge in [-0.1, -0.05) is 0 Å². The van der Waals surface area contributed by atoms with Gasteiger partial charge in [0.1, 0.15) is 5.56 Å². The Bertz CT molecular complexity index is 631. The molecule has 1 aromatic rings. The first-order chi connectivity index (χ1) is 10.9. The van der Waals surface area contributed by atoms with Gasteiger partial charge < -0.3 is 10.0 Å². The third-order valence-electron chi connectivity index (χ3n) is 3.81. The lowest BCUT2D eigenvalue weighted by atomic mass is 10.1. The van der Waals surface area contributed by atoms with Crippen molar-refractivity contribution in [2.45, 2.75) is 37.3 Å². The molecule has 1 aliphatic heterocycles. The van der Waals surface area contributed by atoms with E-state index in [0.717, 1.165) is 11.0 Å². The van der Waals surface area contributed by atoms with Crippen molar-refractivity contribution in [1.82, 2.24) is 0 Å². The fourth-order valence-corrected chi connectivity index (χ4v) is 2.75. The third kappa shape index (κ3) is 3.55. The van der Waals surface area contributed by atoms with Crippen LogP contribution in [0.2, 0.25) is 0 Å². The Morgan fingerprint density at radius 2 is 1.88 bits per heavy atom. The van der Waals surface area contributed by atoms with Gasteiger partial charge in [-0.25, -0.2) is 0 Å². The molecule has 5 nitrogen and oxygen atoms in total. The van der Waals surface area contributed by atoms with Crippen LogP contribution in [0, 0.1) is 10.1 Å². The Hall–Kier alpha value is -2.04. The Kier molecular flexibility index (Phi) is 4.66. The van der Waals surface area contributed by atoms with Crippen LogP contribution in [-0.2, 0) is 6.18 Å². The van der Waals surface area contributed by atoms with Crippen molar-refractivity contribution in [2.75, 3.05) is 11.4 Å². The minimum absolute atomic E-state index is 0.00686. The van der Waals surface area contributed by atoms with Crippen molar-refractivity contribution in [3.8, 4) is 0 Å². The first-order valence-corrected chi connectivity index (χ1v) is 6.80. The third-order valence-corrected chi connectivity index (χ3v) is 3.81. The highest BCUT2D eigenvalue weighted by atomic mass is 19.4. The Morgan fingerprint density at radius 1 is 1.25 bits per heavy atom. The number of anilines is 1. The van der Waals surface area contributed by atoms with E-state index in [1.54, 1.807) is 0 Å². The zero-order chi connectivity index (χ0) is 18.3. The van der Waals surface area contributed by atoms with Gasteiger partial charge in [0.25, 0.3) is 5.69 Å². The number of halogens is 6. The van der Waals surface area contributed by atoms with E-state index < -0.39 is 40.7 Å². The summed E-state index contributed by atoms with van der Waals surface area (Å²) in [6.07, 6.45) is -12.5. The van der Waals surface area contributed by atoms with Crippen molar-refractivity contribution >= 4 is 11.4 Å². The van der Waals surface area contributed by atoms with Crippen LogP contribution in [-0.4, -0.2) is 34.9 Å². The number of alkyl halides is 6. The quantitative estimate of drug-likeness (QED) is 0.510. The van der Waals surface area contributed by atoms with Crippen LogP contribution >= 0.6 is 0 Å². The standard InChI is InChI=1S/C13H12F6N2O3/c14-12(15,16)8-6-7(3-4-9(8)21(23)24)20-5-1-2-10(20)11(22)13(17,18)19/h3-4,6,10-11,22H,1-2,5H2/t10-,11+/m0/s1. The number of nitrogens with zero attached hydrogens (tertiary/aromatic N) is 2. The van der Waals surface area contributed by atoms with Gasteiger partial charge in [-0.15, -0.1) is 0 Å². The van der Waals surface area contributed by atoms with Crippen LogP contribution in [0.25, 0.3) is 0 Å². The lowest BCUT2D eigenvalue weighted by molar-refractivity contribution is -0.388. The second kappa shape index (κ2) is 6.11. The van der Waals surface area contributed by atoms with Gasteiger partial charge in [0.05, 0.1) is 11.0 Å². The molecule has 0 bridgehead atoms. The van der Waals surface area contributed by atoms with E-state index >= 15 is 0 Å². The monoisotopic (exact) mass is 358 g/mol. The lowest BCUT2D eigenvalue weighted by Gasteiger charge is -2.31. The molecule has 11 heteroatoms. The molecule has 134 valence electrons. The highest BCUT2D eigenvalue weighted by Gasteiger charge is 2.47. The minimum Gasteiger partial charge on any atom is -0.382 e. The summed E-state index contributed by atoms with van der Waals surface area (Å²) < 4.78 is 77.0. The van der Waals surface area contributed by atoms with E-state index in [4.69, 9.17) is 0 Å². The molecule has 1 aliphatic rings. The van der Waals surface area contributed by atoms with Crippen molar-refractivity contribution in [1.29, 1.82) is 0 Å². The van der Waals surface area contributed by atoms with Crippen LogP contribution in [0.1, 0.15) is 18.4 Å². The summed E-state index contributed by atoms with van der Waals surface area (Å²) in [7, 11) is 0. The van der Waals surface area contributed by atoms with E-state index in [1.165, 1.54) is 0 Å². The van der Waals surface area contributed by atoms with Crippen LogP contribution in [0.3, 0.4) is 0 Å². The molecule has 1 N–H and O–H groups in total. The number of rotatable bonds is 3. The van der Waals surface area contributed by atoms with Gasteiger partial charge in [-0.3, -0.25) is 10.1 Å². The van der Waals surface area contributed by atoms with E-state index in [9.17, 15) is 41.6 Å². The largest absolute Gasteiger partial charge is 0.423 e. The van der Waals surface area contributed by atoms with E-state index in [-0.39, 0.29) is 25.1 Å². The second-order valence-electron chi connectivity index (χ2n) is 5.35. The maximum atomic E-state index is 13.0. The molecule has 0 spiro atoms. The van der Waals surface area contributed by atoms with Gasteiger partial charge in [0.2, 0.25) is 0 Å². The highest BCUT2D eigenvalue weighted by Crippen LogP contribution is 2.40. The number of aliphatic hydroxyl groups excluding tert-OH is 1. The zero-order valence-corrected chi connectivity index (χ0v) is 11.9. The molecule has 0 aromatic heterocycles. The van der Waals surface area contributed by atoms with Crippen molar-refractivity contribution in [3.63, 3.8) is 0 Å². The van der Waals surface area contributed by atoms with Gasteiger partial charge in [0.15, 0.2) is 6.10 Å². The number of aliphatic hydroxyl groups is 1. The summed E-state index contributed by atoms with van der Waals surface area (Å²) in [4.78, 5) is 10.5. The summed E-state index contributed by atoms with van der Waals surface area (Å²) in [5.74, 6) is 0. The number of hydrogen-bond acceptors (Lipinski definition) is 4. The van der Waals surface area contributed by atoms with Gasteiger partial charge in [-0.05, 0) is 25.0 Å². The predicted octanol–water partition coefficient (Wildman–Crippen LogP) is 3.51. The average Bonchev–Trinajstić information content (AvgIpc) is 2.92. The van der Waals surface area contributed by atoms with Gasteiger partial charge >= 0.3 is 12.4 Å². The van der Waals surface area contributed by atoms with E-state index in [1.807, 2.05) is 0 Å². The van der Waals surface area contributed by atoms with Crippen LogP contribution in [0.4, 0.5) is 37.7 Å². The molecule has 0 radical (unpaired) electrons. The van der Waals surface area contributed by atoms with Crippen LogP contribution in [0.15, 0.2) is 18.2 Å². The Labute approximate surface area is 131 Å². The summed E-state index contributed by atoms with van der Waals surface area (Å²) in [6, 6.07) is 0.564. The summed E-state index contributed by atoms with van der Waals surface area (Å²) >= 11 is 0. The molecule has 1 fully saturated rings. The maximum Gasteiger partial charge on any atom is 0.423 e. The summed E-state index contributed by atoms with van der Waals surface area (Å²) in [5.41, 5.74) is -2.98. The molecule has 1 aromatic carbocycles. The SMILES string of the molecule is O=[N+]([O-])c1ccc(N2CCC[C@H]2[C@@H](O)C(F)(F)F)cc1C(F)(F)F. The number of hydrogen-bond donors (Lipinski definition) is 1. The molecule has 2 atom stereocenters. The normalized spacial score (nSPS) is 20.3. The van der Waals surface area contributed by atoms with Crippen molar-refractivity contribution in [2.24, 2.45) is 0 Å². The van der Waals surface area contributed by atoms with E-state index in [2.05, 4.69) is 0 Å². The Morgan fingerprint density at radius 3 is 2.38 bits per heavy atom.